The summed E-state index contributed by atoms with van der Waals surface area (Å²) in [7, 11) is 0. The van der Waals surface area contributed by atoms with Crippen LogP contribution < -0.4 is 10.6 Å². The Hall–Kier alpha value is -0.550. The molecular formula is C12H14Cl2N2OS. The summed E-state index contributed by atoms with van der Waals surface area (Å²) in [5, 5.41) is 7.86. The second kappa shape index (κ2) is 6.57. The average Bonchev–Trinajstić information content (AvgIpc) is 2.77. The normalized spacial score (nSPS) is 18.7. The van der Waals surface area contributed by atoms with Gasteiger partial charge in [-0.2, -0.15) is 0 Å². The molecule has 1 fully saturated rings. The molecule has 0 aliphatic carbocycles. The Morgan fingerprint density at radius 3 is 2.67 bits per heavy atom. The van der Waals surface area contributed by atoms with Gasteiger partial charge in [-0.05, 0) is 43.3 Å². The quantitative estimate of drug-likeness (QED) is 0.838. The lowest BCUT2D eigenvalue weighted by Crippen LogP contribution is -2.34. The predicted octanol–water partition coefficient (Wildman–Crippen LogP) is 3.46. The van der Waals surface area contributed by atoms with Gasteiger partial charge in [0.15, 0.2) is 5.11 Å². The van der Waals surface area contributed by atoms with Crippen LogP contribution in [0.5, 0.6) is 0 Å². The molecule has 98 valence electrons. The molecule has 2 rings (SSSR count). The number of thiocarbonyl (C=S) groups is 1. The van der Waals surface area contributed by atoms with Gasteiger partial charge in [0.1, 0.15) is 0 Å². The summed E-state index contributed by atoms with van der Waals surface area (Å²) in [6.07, 6.45) is 2.46. The van der Waals surface area contributed by atoms with E-state index >= 15 is 0 Å². The smallest absolute Gasteiger partial charge is 0.170 e. The fourth-order valence-corrected chi connectivity index (χ4v) is 2.54. The number of anilines is 1. The van der Waals surface area contributed by atoms with Gasteiger partial charge in [-0.15, -0.1) is 0 Å². The maximum Gasteiger partial charge on any atom is 0.170 e. The van der Waals surface area contributed by atoms with Gasteiger partial charge in [-0.1, -0.05) is 23.2 Å². The lowest BCUT2D eigenvalue weighted by Gasteiger charge is -2.14. The SMILES string of the molecule is S=C(NC[C@@H]1CCCO1)Nc1cc(Cl)cc(Cl)c1. The van der Waals surface area contributed by atoms with Crippen molar-refractivity contribution in [2.24, 2.45) is 0 Å². The Morgan fingerprint density at radius 2 is 2.06 bits per heavy atom. The van der Waals surface area contributed by atoms with Crippen molar-refractivity contribution in [3.63, 3.8) is 0 Å². The van der Waals surface area contributed by atoms with E-state index in [1.807, 2.05) is 0 Å². The topological polar surface area (TPSA) is 33.3 Å². The molecule has 0 aromatic heterocycles. The second-order valence-corrected chi connectivity index (χ2v) is 5.41. The summed E-state index contributed by atoms with van der Waals surface area (Å²) in [6, 6.07) is 5.22. The van der Waals surface area contributed by atoms with Crippen LogP contribution in [-0.4, -0.2) is 24.4 Å². The molecule has 18 heavy (non-hydrogen) atoms. The lowest BCUT2D eigenvalue weighted by molar-refractivity contribution is 0.114. The Labute approximate surface area is 122 Å². The van der Waals surface area contributed by atoms with Gasteiger partial charge < -0.3 is 15.4 Å². The Kier molecular flexibility index (Phi) is 5.06. The molecule has 0 spiro atoms. The molecule has 1 atom stereocenters. The molecular weight excluding hydrogens is 291 g/mol. The summed E-state index contributed by atoms with van der Waals surface area (Å²) in [6.45, 7) is 1.57. The van der Waals surface area contributed by atoms with Gasteiger partial charge in [0.25, 0.3) is 0 Å². The molecule has 6 heteroatoms. The zero-order valence-electron chi connectivity index (χ0n) is 9.71. The number of ether oxygens (including phenoxy) is 1. The fraction of sp³-hybridized carbons (Fsp3) is 0.417. The first-order valence-electron chi connectivity index (χ1n) is 5.76. The van der Waals surface area contributed by atoms with E-state index in [0.29, 0.717) is 15.2 Å². The molecule has 1 saturated heterocycles. The highest BCUT2D eigenvalue weighted by atomic mass is 35.5. The van der Waals surface area contributed by atoms with Gasteiger partial charge in [0.2, 0.25) is 0 Å². The molecule has 0 amide bonds. The summed E-state index contributed by atoms with van der Waals surface area (Å²) in [5.41, 5.74) is 0.775. The minimum atomic E-state index is 0.257. The number of benzene rings is 1. The molecule has 3 nitrogen and oxygen atoms in total. The molecule has 0 saturated carbocycles. The van der Waals surface area contributed by atoms with Crippen LogP contribution in [0.15, 0.2) is 18.2 Å². The number of rotatable bonds is 3. The Morgan fingerprint density at radius 1 is 1.33 bits per heavy atom. The first-order chi connectivity index (χ1) is 8.63. The second-order valence-electron chi connectivity index (χ2n) is 4.13. The number of hydrogen-bond donors (Lipinski definition) is 2. The van der Waals surface area contributed by atoms with E-state index in [4.69, 9.17) is 40.2 Å². The molecule has 1 aliphatic rings. The van der Waals surface area contributed by atoms with Crippen molar-refractivity contribution in [3.05, 3.63) is 28.2 Å². The number of hydrogen-bond acceptors (Lipinski definition) is 2. The van der Waals surface area contributed by atoms with Crippen LogP contribution in [0, 0.1) is 0 Å². The van der Waals surface area contributed by atoms with Crippen LogP contribution in [0.1, 0.15) is 12.8 Å². The molecule has 0 unspecified atom stereocenters. The van der Waals surface area contributed by atoms with E-state index in [0.717, 1.165) is 31.7 Å². The summed E-state index contributed by atoms with van der Waals surface area (Å²) >= 11 is 17.0. The van der Waals surface area contributed by atoms with Crippen LogP contribution in [0.4, 0.5) is 5.69 Å². The van der Waals surface area contributed by atoms with Crippen LogP contribution in [0.25, 0.3) is 0 Å². The van der Waals surface area contributed by atoms with E-state index in [9.17, 15) is 0 Å². The zero-order valence-corrected chi connectivity index (χ0v) is 12.0. The van der Waals surface area contributed by atoms with E-state index in [1.54, 1.807) is 18.2 Å². The minimum Gasteiger partial charge on any atom is -0.376 e. The first kappa shape index (κ1) is 13.9. The third-order valence-corrected chi connectivity index (χ3v) is 3.32. The third-order valence-electron chi connectivity index (χ3n) is 2.63. The molecule has 1 aromatic rings. The predicted molar refractivity (Wildman–Crippen MR) is 79.7 cm³/mol. The van der Waals surface area contributed by atoms with Gasteiger partial charge in [0, 0.05) is 28.9 Å². The highest BCUT2D eigenvalue weighted by Gasteiger charge is 2.15. The third kappa shape index (κ3) is 4.28. The minimum absolute atomic E-state index is 0.257. The largest absolute Gasteiger partial charge is 0.376 e. The van der Waals surface area contributed by atoms with Crippen molar-refractivity contribution in [1.82, 2.24) is 5.32 Å². The van der Waals surface area contributed by atoms with Crippen molar-refractivity contribution in [2.75, 3.05) is 18.5 Å². The molecule has 1 heterocycles. The van der Waals surface area contributed by atoms with Gasteiger partial charge in [0.05, 0.1) is 6.10 Å². The van der Waals surface area contributed by atoms with E-state index in [1.165, 1.54) is 0 Å². The van der Waals surface area contributed by atoms with Gasteiger partial charge >= 0.3 is 0 Å². The first-order valence-corrected chi connectivity index (χ1v) is 6.92. The fourth-order valence-electron chi connectivity index (χ4n) is 1.81. The van der Waals surface area contributed by atoms with E-state index in [2.05, 4.69) is 10.6 Å². The Balaban J connectivity index is 1.82. The van der Waals surface area contributed by atoms with Gasteiger partial charge in [-0.3, -0.25) is 0 Å². The molecule has 2 N–H and O–H groups in total. The van der Waals surface area contributed by atoms with Gasteiger partial charge in [-0.25, -0.2) is 0 Å². The molecule has 1 aromatic carbocycles. The Bertz CT molecular complexity index is 416. The molecule has 1 aliphatic heterocycles. The molecule has 0 radical (unpaired) electrons. The van der Waals surface area contributed by atoms with Crippen molar-refractivity contribution >= 4 is 46.2 Å². The zero-order chi connectivity index (χ0) is 13.0. The van der Waals surface area contributed by atoms with E-state index < -0.39 is 0 Å². The summed E-state index contributed by atoms with van der Waals surface area (Å²) in [4.78, 5) is 0. The average molecular weight is 305 g/mol. The number of halogens is 2. The van der Waals surface area contributed by atoms with Crippen LogP contribution in [-0.2, 0) is 4.74 Å². The highest BCUT2D eigenvalue weighted by molar-refractivity contribution is 7.80. The van der Waals surface area contributed by atoms with Crippen LogP contribution >= 0.6 is 35.4 Å². The lowest BCUT2D eigenvalue weighted by atomic mass is 10.2. The maximum atomic E-state index is 5.91. The van der Waals surface area contributed by atoms with Crippen molar-refractivity contribution < 1.29 is 4.74 Å². The van der Waals surface area contributed by atoms with E-state index in [-0.39, 0.29) is 6.10 Å². The van der Waals surface area contributed by atoms with Crippen molar-refractivity contribution in [1.29, 1.82) is 0 Å². The summed E-state index contributed by atoms with van der Waals surface area (Å²) in [5.74, 6) is 0. The number of nitrogens with one attached hydrogen (secondary N) is 2. The van der Waals surface area contributed by atoms with Crippen molar-refractivity contribution in [2.45, 2.75) is 18.9 Å². The summed E-state index contributed by atoms with van der Waals surface area (Å²) < 4.78 is 5.50. The highest BCUT2D eigenvalue weighted by Crippen LogP contribution is 2.22. The molecule has 0 bridgehead atoms. The maximum absolute atomic E-state index is 5.91. The standard InChI is InChI=1S/C12H14Cl2N2OS/c13-8-4-9(14)6-10(5-8)16-12(18)15-7-11-2-1-3-17-11/h4-6,11H,1-3,7H2,(H2,15,16,18)/t11-/m0/s1. The van der Waals surface area contributed by atoms with Crippen LogP contribution in [0.2, 0.25) is 10.0 Å². The monoisotopic (exact) mass is 304 g/mol. The van der Waals surface area contributed by atoms with Crippen LogP contribution in [0.3, 0.4) is 0 Å². The van der Waals surface area contributed by atoms with Crippen molar-refractivity contribution in [3.8, 4) is 0 Å².